The Labute approximate surface area is 126 Å². The highest BCUT2D eigenvalue weighted by molar-refractivity contribution is 5.99. The Bertz CT molecular complexity index is 709. The molecule has 1 aliphatic heterocycles. The van der Waals surface area contributed by atoms with Crippen molar-refractivity contribution in [3.05, 3.63) is 48.0 Å². The molecule has 2 heterocycles. The Balaban J connectivity index is 1.62. The number of nitrogens with zero attached hydrogens (tertiary/aromatic N) is 3. The molecule has 0 fully saturated rings. The maximum Gasteiger partial charge on any atom is 0.231 e. The molecule has 1 unspecified atom stereocenters. The Morgan fingerprint density at radius 1 is 1.41 bits per heavy atom. The minimum atomic E-state index is -0.302. The van der Waals surface area contributed by atoms with Crippen LogP contribution in [0.4, 0.5) is 4.39 Å². The molecule has 22 heavy (non-hydrogen) atoms. The number of rotatable bonds is 3. The topological polar surface area (TPSA) is 68.5 Å². The monoisotopic (exact) mass is 302 g/mol. The molecule has 7 heteroatoms. The molecule has 1 amide bonds. The van der Waals surface area contributed by atoms with Crippen molar-refractivity contribution in [1.29, 1.82) is 0 Å². The van der Waals surface area contributed by atoms with Crippen LogP contribution >= 0.6 is 0 Å². The smallest absolute Gasteiger partial charge is 0.231 e. The first kappa shape index (κ1) is 14.2. The van der Waals surface area contributed by atoms with Gasteiger partial charge in [-0.2, -0.15) is 5.10 Å². The summed E-state index contributed by atoms with van der Waals surface area (Å²) in [5.74, 6) is 0.0422. The molecule has 1 atom stereocenters. The molecule has 1 aromatic heterocycles. The van der Waals surface area contributed by atoms with Crippen LogP contribution < -0.4 is 5.32 Å². The van der Waals surface area contributed by atoms with Gasteiger partial charge < -0.3 is 10.2 Å². The molecule has 0 aliphatic carbocycles. The number of hydrogen-bond donors (Lipinski definition) is 1. The third-order valence-electron chi connectivity index (χ3n) is 3.18. The Morgan fingerprint density at radius 2 is 2.18 bits per heavy atom. The second-order valence-corrected chi connectivity index (χ2v) is 5.11. The number of aromatic nitrogens is 2. The van der Waals surface area contributed by atoms with Crippen molar-refractivity contribution >= 4 is 11.7 Å². The first-order chi connectivity index (χ1) is 10.6. The van der Waals surface area contributed by atoms with Crippen molar-refractivity contribution in [3.63, 3.8) is 0 Å². The van der Waals surface area contributed by atoms with Crippen molar-refractivity contribution in [1.82, 2.24) is 15.1 Å². The predicted octanol–water partition coefficient (Wildman–Crippen LogP) is 1.79. The average Bonchev–Trinajstić information content (AvgIpc) is 3.09. The molecule has 6 nitrogen and oxygen atoms in total. The van der Waals surface area contributed by atoms with Crippen LogP contribution in [0.2, 0.25) is 0 Å². The lowest BCUT2D eigenvalue weighted by Gasteiger charge is -2.02. The number of carbonyl (C=O) groups excluding carboxylic acids is 1. The largest absolute Gasteiger partial charge is 0.391 e. The lowest BCUT2D eigenvalue weighted by Crippen LogP contribution is -2.31. The van der Waals surface area contributed by atoms with Gasteiger partial charge in [-0.15, -0.1) is 0 Å². The van der Waals surface area contributed by atoms with Gasteiger partial charge in [0.2, 0.25) is 5.91 Å². The van der Waals surface area contributed by atoms with Crippen LogP contribution in [0.3, 0.4) is 0 Å². The van der Waals surface area contributed by atoms with Crippen molar-refractivity contribution in [2.45, 2.75) is 25.9 Å². The van der Waals surface area contributed by atoms with E-state index in [2.05, 4.69) is 15.6 Å². The third kappa shape index (κ3) is 3.30. The number of amidine groups is 1. The zero-order valence-corrected chi connectivity index (χ0v) is 12.0. The van der Waals surface area contributed by atoms with Gasteiger partial charge in [0, 0.05) is 12.6 Å². The van der Waals surface area contributed by atoms with Gasteiger partial charge in [-0.3, -0.25) is 4.79 Å². The van der Waals surface area contributed by atoms with Gasteiger partial charge in [-0.25, -0.2) is 9.07 Å². The van der Waals surface area contributed by atoms with E-state index in [0.29, 0.717) is 18.0 Å². The summed E-state index contributed by atoms with van der Waals surface area (Å²) < 4.78 is 14.5. The minimum Gasteiger partial charge on any atom is -0.391 e. The SMILES string of the molecule is CC1CC(NC(=O)Cc2ccn(-c3ccc(F)cc3)n2)=NO1. The summed E-state index contributed by atoms with van der Waals surface area (Å²) in [5.41, 5.74) is 1.35. The molecule has 3 rings (SSSR count). The fraction of sp³-hybridized carbons (Fsp3) is 0.267. The molecular weight excluding hydrogens is 287 g/mol. The predicted molar refractivity (Wildman–Crippen MR) is 78.0 cm³/mol. The Kier molecular flexibility index (Phi) is 3.86. The molecule has 2 aromatic rings. The lowest BCUT2D eigenvalue weighted by molar-refractivity contribution is -0.119. The summed E-state index contributed by atoms with van der Waals surface area (Å²) in [7, 11) is 0. The van der Waals surface area contributed by atoms with Crippen molar-refractivity contribution in [2.75, 3.05) is 0 Å². The summed E-state index contributed by atoms with van der Waals surface area (Å²) in [6.07, 6.45) is 2.46. The summed E-state index contributed by atoms with van der Waals surface area (Å²) in [5, 5.41) is 10.8. The molecule has 0 saturated carbocycles. The molecule has 0 radical (unpaired) electrons. The van der Waals surface area contributed by atoms with Gasteiger partial charge in [-0.1, -0.05) is 5.16 Å². The lowest BCUT2D eigenvalue weighted by atomic mass is 10.2. The van der Waals surface area contributed by atoms with E-state index in [1.54, 1.807) is 29.1 Å². The maximum atomic E-state index is 12.9. The third-order valence-corrected chi connectivity index (χ3v) is 3.18. The van der Waals surface area contributed by atoms with E-state index < -0.39 is 0 Å². The van der Waals surface area contributed by atoms with Crippen LogP contribution in [0.15, 0.2) is 41.7 Å². The van der Waals surface area contributed by atoms with E-state index in [4.69, 9.17) is 4.84 Å². The summed E-state index contributed by atoms with van der Waals surface area (Å²) in [6, 6.07) is 7.72. The number of halogens is 1. The second kappa shape index (κ2) is 5.97. The van der Waals surface area contributed by atoms with Crippen LogP contribution in [0, 0.1) is 5.82 Å². The highest BCUT2D eigenvalue weighted by atomic mass is 19.1. The van der Waals surface area contributed by atoms with Gasteiger partial charge in [0.25, 0.3) is 0 Å². The zero-order chi connectivity index (χ0) is 15.5. The van der Waals surface area contributed by atoms with E-state index >= 15 is 0 Å². The average molecular weight is 302 g/mol. The van der Waals surface area contributed by atoms with Crippen LogP contribution in [-0.4, -0.2) is 27.6 Å². The van der Waals surface area contributed by atoms with Crippen molar-refractivity contribution in [3.8, 4) is 5.69 Å². The normalized spacial score (nSPS) is 17.0. The van der Waals surface area contributed by atoms with Crippen LogP contribution in [0.1, 0.15) is 19.0 Å². The molecule has 0 saturated heterocycles. The van der Waals surface area contributed by atoms with Crippen LogP contribution in [0.25, 0.3) is 5.69 Å². The van der Waals surface area contributed by atoms with Gasteiger partial charge >= 0.3 is 0 Å². The highest BCUT2D eigenvalue weighted by Gasteiger charge is 2.18. The summed E-state index contributed by atoms with van der Waals surface area (Å²) in [4.78, 5) is 16.9. The van der Waals surface area contributed by atoms with E-state index in [1.165, 1.54) is 12.1 Å². The Hall–Kier alpha value is -2.70. The van der Waals surface area contributed by atoms with Crippen molar-refractivity contribution < 1.29 is 14.0 Å². The molecule has 0 bridgehead atoms. The molecule has 114 valence electrons. The molecule has 1 aromatic carbocycles. The first-order valence-electron chi connectivity index (χ1n) is 6.93. The summed E-state index contributed by atoms with van der Waals surface area (Å²) in [6.45, 7) is 1.88. The number of oxime groups is 1. The molecule has 1 aliphatic rings. The highest BCUT2D eigenvalue weighted by Crippen LogP contribution is 2.10. The maximum absolute atomic E-state index is 12.9. The van der Waals surface area contributed by atoms with Gasteiger partial charge in [0.15, 0.2) is 5.84 Å². The second-order valence-electron chi connectivity index (χ2n) is 5.11. The van der Waals surface area contributed by atoms with E-state index in [-0.39, 0.29) is 24.2 Å². The standard InChI is InChI=1S/C15H15FN4O2/c1-10-8-14(19-22-10)17-15(21)9-12-6-7-20(18-12)13-4-2-11(16)3-5-13/h2-7,10H,8-9H2,1H3,(H,17,19,21). The number of nitrogens with one attached hydrogen (secondary N) is 1. The van der Waals surface area contributed by atoms with Gasteiger partial charge in [0.1, 0.15) is 11.9 Å². The van der Waals surface area contributed by atoms with E-state index in [1.807, 2.05) is 6.92 Å². The molecular formula is C15H15FN4O2. The van der Waals surface area contributed by atoms with Crippen LogP contribution in [0.5, 0.6) is 0 Å². The Morgan fingerprint density at radius 3 is 2.86 bits per heavy atom. The van der Waals surface area contributed by atoms with Crippen LogP contribution in [-0.2, 0) is 16.1 Å². The van der Waals surface area contributed by atoms with Gasteiger partial charge in [0.05, 0.1) is 17.8 Å². The molecule has 0 spiro atoms. The van der Waals surface area contributed by atoms with E-state index in [9.17, 15) is 9.18 Å². The summed E-state index contributed by atoms with van der Waals surface area (Å²) >= 11 is 0. The number of hydrogen-bond acceptors (Lipinski definition) is 4. The fourth-order valence-corrected chi connectivity index (χ4v) is 2.14. The number of carbonyl (C=O) groups is 1. The molecule has 1 N–H and O–H groups in total. The van der Waals surface area contributed by atoms with Gasteiger partial charge in [-0.05, 0) is 37.3 Å². The number of amides is 1. The zero-order valence-electron chi connectivity index (χ0n) is 12.0. The fourth-order valence-electron chi connectivity index (χ4n) is 2.14. The minimum absolute atomic E-state index is 0.00650. The van der Waals surface area contributed by atoms with Crippen molar-refractivity contribution in [2.24, 2.45) is 5.16 Å². The quantitative estimate of drug-likeness (QED) is 0.940. The number of benzene rings is 1. The van der Waals surface area contributed by atoms with E-state index in [0.717, 1.165) is 5.69 Å². The first-order valence-corrected chi connectivity index (χ1v) is 6.93.